The second-order valence-corrected chi connectivity index (χ2v) is 5.01. The van der Waals surface area contributed by atoms with Crippen LogP contribution in [0.5, 0.6) is 0 Å². The highest BCUT2D eigenvalue weighted by atomic mass is 35.5. The number of halogens is 1. The average Bonchev–Trinajstić information content (AvgIpc) is 2.84. The molecule has 4 nitrogen and oxygen atoms in total. The molecular formula is C13H17ClN4. The number of hydrogen-bond donors (Lipinski definition) is 1. The first-order valence-corrected chi connectivity index (χ1v) is 6.39. The molecule has 2 aromatic rings. The minimum Gasteiger partial charge on any atom is -0.312 e. The largest absolute Gasteiger partial charge is 0.312 e. The molecule has 0 saturated carbocycles. The summed E-state index contributed by atoms with van der Waals surface area (Å²) in [7, 11) is 0. The highest BCUT2D eigenvalue weighted by Crippen LogP contribution is 2.22. The van der Waals surface area contributed by atoms with E-state index >= 15 is 0 Å². The van der Waals surface area contributed by atoms with Crippen LogP contribution in [0, 0.1) is 5.92 Å². The molecule has 0 amide bonds. The highest BCUT2D eigenvalue weighted by molar-refractivity contribution is 6.31. The summed E-state index contributed by atoms with van der Waals surface area (Å²) in [4.78, 5) is 3.97. The topological polar surface area (TPSA) is 42.7 Å². The maximum Gasteiger partial charge on any atom is 0.138 e. The molecule has 0 radical (unpaired) electrons. The van der Waals surface area contributed by atoms with Crippen molar-refractivity contribution in [1.82, 2.24) is 20.1 Å². The molecule has 0 fully saturated rings. The molecule has 0 atom stereocenters. The van der Waals surface area contributed by atoms with Crippen LogP contribution in [0.1, 0.15) is 19.4 Å². The molecule has 0 bridgehead atoms. The Morgan fingerprint density at radius 1 is 1.39 bits per heavy atom. The molecule has 0 unspecified atom stereocenters. The third-order valence-electron chi connectivity index (χ3n) is 2.61. The fraction of sp³-hybridized carbons (Fsp3) is 0.385. The van der Waals surface area contributed by atoms with Gasteiger partial charge in [-0.15, -0.1) is 0 Å². The zero-order valence-corrected chi connectivity index (χ0v) is 11.4. The maximum absolute atomic E-state index is 6.26. The van der Waals surface area contributed by atoms with Crippen molar-refractivity contribution in [2.45, 2.75) is 20.4 Å². The zero-order chi connectivity index (χ0) is 13.0. The summed E-state index contributed by atoms with van der Waals surface area (Å²) in [5.74, 6) is 0.613. The number of hydrogen-bond acceptors (Lipinski definition) is 3. The van der Waals surface area contributed by atoms with Crippen LogP contribution < -0.4 is 5.32 Å². The molecule has 1 aromatic heterocycles. The second kappa shape index (κ2) is 5.98. The van der Waals surface area contributed by atoms with Gasteiger partial charge in [-0.1, -0.05) is 31.5 Å². The third-order valence-corrected chi connectivity index (χ3v) is 2.97. The lowest BCUT2D eigenvalue weighted by Gasteiger charge is -2.13. The van der Waals surface area contributed by atoms with Gasteiger partial charge in [0.1, 0.15) is 12.7 Å². The molecule has 1 N–H and O–H groups in total. The molecule has 0 aliphatic heterocycles. The number of nitrogens with one attached hydrogen (secondary N) is 1. The predicted molar refractivity (Wildman–Crippen MR) is 72.9 cm³/mol. The van der Waals surface area contributed by atoms with Crippen LogP contribution in [0.25, 0.3) is 5.69 Å². The number of benzene rings is 1. The monoisotopic (exact) mass is 264 g/mol. The number of nitrogens with zero attached hydrogens (tertiary/aromatic N) is 3. The van der Waals surface area contributed by atoms with Crippen LogP contribution in [-0.4, -0.2) is 21.3 Å². The molecule has 5 heteroatoms. The fourth-order valence-corrected chi connectivity index (χ4v) is 1.99. The summed E-state index contributed by atoms with van der Waals surface area (Å²) in [6.45, 7) is 6.05. The number of rotatable bonds is 5. The minimum atomic E-state index is 0.613. The van der Waals surface area contributed by atoms with Gasteiger partial charge in [0, 0.05) is 17.1 Å². The van der Waals surface area contributed by atoms with Gasteiger partial charge in [0.2, 0.25) is 0 Å². The van der Waals surface area contributed by atoms with Crippen molar-refractivity contribution in [2.24, 2.45) is 5.92 Å². The minimum absolute atomic E-state index is 0.613. The molecule has 0 aliphatic rings. The average molecular weight is 265 g/mol. The highest BCUT2D eigenvalue weighted by Gasteiger charge is 2.09. The summed E-state index contributed by atoms with van der Waals surface area (Å²) in [5.41, 5.74) is 2.02. The van der Waals surface area contributed by atoms with Gasteiger partial charge in [-0.25, -0.2) is 9.67 Å². The quantitative estimate of drug-likeness (QED) is 0.903. The van der Waals surface area contributed by atoms with E-state index < -0.39 is 0 Å². The Balaban J connectivity index is 2.22. The molecule has 0 aliphatic carbocycles. The Morgan fingerprint density at radius 2 is 2.22 bits per heavy atom. The van der Waals surface area contributed by atoms with E-state index in [2.05, 4.69) is 29.2 Å². The van der Waals surface area contributed by atoms with Crippen LogP contribution >= 0.6 is 11.6 Å². The standard InChI is InChI=1S/C13H17ClN4/c1-10(2)6-15-7-11-12(14)4-3-5-13(11)18-9-16-8-17-18/h3-5,8-10,15H,6-7H2,1-2H3. The van der Waals surface area contributed by atoms with Crippen molar-refractivity contribution in [3.05, 3.63) is 41.4 Å². The van der Waals surface area contributed by atoms with Crippen LogP contribution in [0.15, 0.2) is 30.9 Å². The molecule has 96 valence electrons. The summed E-state index contributed by atoms with van der Waals surface area (Å²) in [5, 5.41) is 8.30. The number of aromatic nitrogens is 3. The second-order valence-electron chi connectivity index (χ2n) is 4.60. The first kappa shape index (κ1) is 13.1. The van der Waals surface area contributed by atoms with E-state index in [1.165, 1.54) is 6.33 Å². The first-order chi connectivity index (χ1) is 8.68. The van der Waals surface area contributed by atoms with Crippen molar-refractivity contribution in [3.8, 4) is 5.69 Å². The van der Waals surface area contributed by atoms with Crippen molar-refractivity contribution in [1.29, 1.82) is 0 Å². The zero-order valence-electron chi connectivity index (χ0n) is 10.6. The molecule has 18 heavy (non-hydrogen) atoms. The van der Waals surface area contributed by atoms with Gasteiger partial charge in [0.15, 0.2) is 0 Å². The van der Waals surface area contributed by atoms with Crippen LogP contribution in [-0.2, 0) is 6.54 Å². The van der Waals surface area contributed by atoms with E-state index in [-0.39, 0.29) is 0 Å². The van der Waals surface area contributed by atoms with E-state index in [9.17, 15) is 0 Å². The van der Waals surface area contributed by atoms with E-state index in [1.807, 2.05) is 18.2 Å². The molecule has 1 heterocycles. The van der Waals surface area contributed by atoms with Gasteiger partial charge in [-0.2, -0.15) is 5.10 Å². The fourth-order valence-electron chi connectivity index (χ4n) is 1.76. The lowest BCUT2D eigenvalue weighted by atomic mass is 10.1. The van der Waals surface area contributed by atoms with E-state index in [4.69, 9.17) is 11.6 Å². The molecule has 2 rings (SSSR count). The van der Waals surface area contributed by atoms with Crippen molar-refractivity contribution < 1.29 is 0 Å². The van der Waals surface area contributed by atoms with Gasteiger partial charge in [0.05, 0.1) is 5.69 Å². The lowest BCUT2D eigenvalue weighted by Crippen LogP contribution is -2.20. The summed E-state index contributed by atoms with van der Waals surface area (Å²) in [6, 6.07) is 5.81. The normalized spacial score (nSPS) is 11.1. The van der Waals surface area contributed by atoms with Crippen LogP contribution in [0.4, 0.5) is 0 Å². The van der Waals surface area contributed by atoms with Crippen molar-refractivity contribution >= 4 is 11.6 Å². The van der Waals surface area contributed by atoms with E-state index in [1.54, 1.807) is 11.0 Å². The van der Waals surface area contributed by atoms with Crippen LogP contribution in [0.3, 0.4) is 0 Å². The molecular weight excluding hydrogens is 248 g/mol. The Labute approximate surface area is 112 Å². The molecule has 1 aromatic carbocycles. The van der Waals surface area contributed by atoms with Gasteiger partial charge in [-0.3, -0.25) is 0 Å². The molecule has 0 spiro atoms. The van der Waals surface area contributed by atoms with E-state index in [0.717, 1.165) is 29.4 Å². The Bertz CT molecular complexity index is 494. The third kappa shape index (κ3) is 3.09. The smallest absolute Gasteiger partial charge is 0.138 e. The van der Waals surface area contributed by atoms with Gasteiger partial charge in [0.25, 0.3) is 0 Å². The lowest BCUT2D eigenvalue weighted by molar-refractivity contribution is 0.551. The van der Waals surface area contributed by atoms with Gasteiger partial charge < -0.3 is 5.32 Å². The van der Waals surface area contributed by atoms with Gasteiger partial charge in [-0.05, 0) is 24.6 Å². The van der Waals surface area contributed by atoms with Crippen molar-refractivity contribution in [2.75, 3.05) is 6.54 Å². The van der Waals surface area contributed by atoms with Gasteiger partial charge >= 0.3 is 0 Å². The summed E-state index contributed by atoms with van der Waals surface area (Å²) < 4.78 is 1.73. The predicted octanol–water partition coefficient (Wildman–Crippen LogP) is 2.67. The molecule has 0 saturated heterocycles. The summed E-state index contributed by atoms with van der Waals surface area (Å²) in [6.07, 6.45) is 3.20. The SMILES string of the molecule is CC(C)CNCc1c(Cl)cccc1-n1cncn1. The van der Waals surface area contributed by atoms with Crippen LogP contribution in [0.2, 0.25) is 5.02 Å². The summed E-state index contributed by atoms with van der Waals surface area (Å²) >= 11 is 6.26. The van der Waals surface area contributed by atoms with E-state index in [0.29, 0.717) is 5.92 Å². The Kier molecular flexibility index (Phi) is 4.33. The first-order valence-electron chi connectivity index (χ1n) is 6.01. The Hall–Kier alpha value is -1.39. The maximum atomic E-state index is 6.26. The Morgan fingerprint density at radius 3 is 2.89 bits per heavy atom. The van der Waals surface area contributed by atoms with Crippen molar-refractivity contribution in [3.63, 3.8) is 0 Å².